The standard InChI is InChI=1S/C20H20O6S2/c21-18(22)12-17(20(24)25)27-11-10-19(23)26-13-14-6-8-16(9-7-14)28-15-4-2-1-3-5-15/h1-9,17H,10-13H2,(H,21,22)(H,24,25). The van der Waals surface area contributed by atoms with Crippen molar-refractivity contribution in [3.05, 3.63) is 60.2 Å². The molecule has 2 N–H and O–H groups in total. The van der Waals surface area contributed by atoms with E-state index in [0.29, 0.717) is 0 Å². The van der Waals surface area contributed by atoms with Crippen LogP contribution in [0.5, 0.6) is 0 Å². The molecule has 0 saturated heterocycles. The van der Waals surface area contributed by atoms with Crippen molar-refractivity contribution in [3.8, 4) is 0 Å². The molecule has 0 aliphatic heterocycles. The Labute approximate surface area is 171 Å². The first kappa shape index (κ1) is 21.8. The van der Waals surface area contributed by atoms with Crippen molar-refractivity contribution in [2.45, 2.75) is 34.5 Å². The Bertz CT molecular complexity index is 792. The third kappa shape index (κ3) is 8.06. The van der Waals surface area contributed by atoms with Gasteiger partial charge in [-0.2, -0.15) is 0 Å². The highest BCUT2D eigenvalue weighted by molar-refractivity contribution is 8.00. The Balaban J connectivity index is 1.72. The highest BCUT2D eigenvalue weighted by Gasteiger charge is 2.21. The molecule has 0 heterocycles. The monoisotopic (exact) mass is 420 g/mol. The Hall–Kier alpha value is -2.45. The van der Waals surface area contributed by atoms with Gasteiger partial charge in [0.15, 0.2) is 0 Å². The average molecular weight is 421 g/mol. The first-order valence-electron chi connectivity index (χ1n) is 8.47. The summed E-state index contributed by atoms with van der Waals surface area (Å²) in [6, 6.07) is 17.7. The van der Waals surface area contributed by atoms with Crippen LogP contribution in [0.25, 0.3) is 0 Å². The number of carboxylic acids is 2. The van der Waals surface area contributed by atoms with Crippen LogP contribution in [-0.2, 0) is 25.7 Å². The van der Waals surface area contributed by atoms with E-state index in [1.165, 1.54) is 0 Å². The molecule has 148 valence electrons. The van der Waals surface area contributed by atoms with Crippen LogP contribution in [0.3, 0.4) is 0 Å². The van der Waals surface area contributed by atoms with Crippen molar-refractivity contribution >= 4 is 41.4 Å². The lowest BCUT2D eigenvalue weighted by atomic mass is 10.2. The van der Waals surface area contributed by atoms with Crippen molar-refractivity contribution < 1.29 is 29.3 Å². The van der Waals surface area contributed by atoms with Gasteiger partial charge in [0.25, 0.3) is 0 Å². The number of ether oxygens (including phenoxy) is 1. The van der Waals surface area contributed by atoms with E-state index in [-0.39, 0.29) is 18.8 Å². The zero-order valence-corrected chi connectivity index (χ0v) is 16.6. The number of thioether (sulfide) groups is 1. The minimum atomic E-state index is -1.20. The lowest BCUT2D eigenvalue weighted by Gasteiger charge is -2.09. The second-order valence-corrected chi connectivity index (χ2v) is 8.22. The summed E-state index contributed by atoms with van der Waals surface area (Å²) in [5.74, 6) is -2.64. The number of esters is 1. The third-order valence-corrected chi connectivity index (χ3v) is 5.79. The summed E-state index contributed by atoms with van der Waals surface area (Å²) in [5, 5.41) is 16.6. The van der Waals surface area contributed by atoms with Gasteiger partial charge in [0.2, 0.25) is 0 Å². The highest BCUT2D eigenvalue weighted by Crippen LogP contribution is 2.27. The van der Waals surface area contributed by atoms with E-state index in [1.54, 1.807) is 11.8 Å². The van der Waals surface area contributed by atoms with E-state index < -0.39 is 29.6 Å². The van der Waals surface area contributed by atoms with Gasteiger partial charge in [-0.1, -0.05) is 42.1 Å². The molecule has 0 spiro atoms. The summed E-state index contributed by atoms with van der Waals surface area (Å²) in [5.41, 5.74) is 0.854. The summed E-state index contributed by atoms with van der Waals surface area (Å²) < 4.78 is 5.19. The first-order chi connectivity index (χ1) is 13.4. The van der Waals surface area contributed by atoms with Gasteiger partial charge < -0.3 is 14.9 Å². The Morgan fingerprint density at radius 2 is 1.57 bits per heavy atom. The molecule has 6 nitrogen and oxygen atoms in total. The molecule has 0 radical (unpaired) electrons. The Morgan fingerprint density at radius 3 is 2.18 bits per heavy atom. The number of aliphatic carboxylic acids is 2. The molecule has 2 rings (SSSR count). The van der Waals surface area contributed by atoms with E-state index in [9.17, 15) is 14.4 Å². The maximum atomic E-state index is 11.8. The van der Waals surface area contributed by atoms with Gasteiger partial charge in [0.1, 0.15) is 11.9 Å². The van der Waals surface area contributed by atoms with E-state index >= 15 is 0 Å². The topological polar surface area (TPSA) is 101 Å². The van der Waals surface area contributed by atoms with Crippen LogP contribution in [0.1, 0.15) is 18.4 Å². The largest absolute Gasteiger partial charge is 0.481 e. The quantitative estimate of drug-likeness (QED) is 0.527. The molecule has 0 aliphatic carbocycles. The summed E-state index contributed by atoms with van der Waals surface area (Å²) >= 11 is 2.57. The minimum Gasteiger partial charge on any atom is -0.481 e. The molecule has 0 saturated carbocycles. The van der Waals surface area contributed by atoms with E-state index in [1.807, 2.05) is 54.6 Å². The average Bonchev–Trinajstić information content (AvgIpc) is 2.67. The van der Waals surface area contributed by atoms with Crippen LogP contribution >= 0.6 is 23.5 Å². The number of hydrogen-bond acceptors (Lipinski definition) is 6. The van der Waals surface area contributed by atoms with E-state index in [0.717, 1.165) is 27.1 Å². The van der Waals surface area contributed by atoms with Crippen LogP contribution < -0.4 is 0 Å². The van der Waals surface area contributed by atoms with Crippen LogP contribution in [0.4, 0.5) is 0 Å². The molecule has 0 fully saturated rings. The highest BCUT2D eigenvalue weighted by atomic mass is 32.2. The molecule has 28 heavy (non-hydrogen) atoms. The van der Waals surface area contributed by atoms with Crippen molar-refractivity contribution in [2.24, 2.45) is 0 Å². The smallest absolute Gasteiger partial charge is 0.317 e. The number of rotatable bonds is 11. The summed E-state index contributed by atoms with van der Waals surface area (Å²) in [4.78, 5) is 35.6. The Morgan fingerprint density at radius 1 is 0.929 bits per heavy atom. The zero-order chi connectivity index (χ0) is 20.4. The fourth-order valence-electron chi connectivity index (χ4n) is 2.17. The molecule has 0 bridgehead atoms. The van der Waals surface area contributed by atoms with Gasteiger partial charge in [-0.15, -0.1) is 11.8 Å². The second kappa shape index (κ2) is 11.4. The predicted molar refractivity (Wildman–Crippen MR) is 108 cm³/mol. The van der Waals surface area contributed by atoms with Gasteiger partial charge in [-0.25, -0.2) is 0 Å². The molecular formula is C20H20O6S2. The molecule has 2 aromatic carbocycles. The van der Waals surface area contributed by atoms with Gasteiger partial charge in [0.05, 0.1) is 12.8 Å². The van der Waals surface area contributed by atoms with Gasteiger partial charge in [-0.05, 0) is 29.8 Å². The summed E-state index contributed by atoms with van der Waals surface area (Å²) in [6.45, 7) is 0.136. The van der Waals surface area contributed by atoms with Crippen LogP contribution in [0.2, 0.25) is 0 Å². The number of benzene rings is 2. The number of carbonyl (C=O) groups excluding carboxylic acids is 1. The molecule has 0 amide bonds. The normalized spacial score (nSPS) is 11.6. The predicted octanol–water partition coefficient (Wildman–Crippen LogP) is 3.93. The molecular weight excluding hydrogens is 400 g/mol. The minimum absolute atomic E-state index is 0.0238. The van der Waals surface area contributed by atoms with Gasteiger partial charge in [-0.3, -0.25) is 14.4 Å². The lowest BCUT2D eigenvalue weighted by molar-refractivity contribution is -0.144. The first-order valence-corrected chi connectivity index (χ1v) is 10.3. The van der Waals surface area contributed by atoms with Gasteiger partial charge >= 0.3 is 17.9 Å². The van der Waals surface area contributed by atoms with Crippen molar-refractivity contribution in [3.63, 3.8) is 0 Å². The molecule has 0 aliphatic rings. The molecule has 1 atom stereocenters. The molecule has 0 aromatic heterocycles. The van der Waals surface area contributed by atoms with Crippen molar-refractivity contribution in [2.75, 3.05) is 5.75 Å². The van der Waals surface area contributed by atoms with Gasteiger partial charge in [0, 0.05) is 15.5 Å². The third-order valence-electron chi connectivity index (χ3n) is 3.56. The van der Waals surface area contributed by atoms with Crippen molar-refractivity contribution in [1.82, 2.24) is 0 Å². The SMILES string of the molecule is O=C(O)CC(SCCC(=O)OCc1ccc(Sc2ccccc2)cc1)C(=O)O. The molecule has 1 unspecified atom stereocenters. The van der Waals surface area contributed by atoms with Crippen molar-refractivity contribution in [1.29, 1.82) is 0 Å². The molecule has 2 aromatic rings. The number of carbonyl (C=O) groups is 3. The molecule has 8 heteroatoms. The zero-order valence-electron chi connectivity index (χ0n) is 14.9. The van der Waals surface area contributed by atoms with E-state index in [2.05, 4.69) is 0 Å². The summed E-state index contributed by atoms with van der Waals surface area (Å²) in [6.07, 6.45) is -0.460. The van der Waals surface area contributed by atoms with Crippen LogP contribution in [0, 0.1) is 0 Å². The van der Waals surface area contributed by atoms with E-state index in [4.69, 9.17) is 14.9 Å². The van der Waals surface area contributed by atoms with Crippen LogP contribution in [-0.4, -0.2) is 39.1 Å². The lowest BCUT2D eigenvalue weighted by Crippen LogP contribution is -2.21. The van der Waals surface area contributed by atoms with Crippen LogP contribution in [0.15, 0.2) is 64.4 Å². The fourth-order valence-corrected chi connectivity index (χ4v) is 3.98. The number of hydrogen-bond donors (Lipinski definition) is 2. The maximum absolute atomic E-state index is 11.8. The fraction of sp³-hybridized carbons (Fsp3) is 0.250. The maximum Gasteiger partial charge on any atom is 0.317 e. The summed E-state index contributed by atoms with van der Waals surface area (Å²) in [7, 11) is 0. The second-order valence-electron chi connectivity index (χ2n) is 5.77. The Kier molecular flexibility index (Phi) is 8.90. The number of carboxylic acid groups (broad SMARTS) is 2.